The summed E-state index contributed by atoms with van der Waals surface area (Å²) in [6.07, 6.45) is 8.17. The predicted octanol–water partition coefficient (Wildman–Crippen LogP) is 4.50. The van der Waals surface area contributed by atoms with Crippen LogP contribution in [0, 0.1) is 13.8 Å². The Bertz CT molecular complexity index is 486. The first-order valence-electron chi connectivity index (χ1n) is 6.91. The smallest absolute Gasteiger partial charge is 0.0797 e. The van der Waals surface area contributed by atoms with Crippen LogP contribution in [-0.4, -0.2) is 8.07 Å². The van der Waals surface area contributed by atoms with Crippen molar-refractivity contribution in [3.8, 4) is 0 Å². The second-order valence-corrected chi connectivity index (χ2v) is 10.7. The van der Waals surface area contributed by atoms with Gasteiger partial charge in [-0.25, -0.2) is 0 Å². The van der Waals surface area contributed by atoms with E-state index in [9.17, 15) is 0 Å². The van der Waals surface area contributed by atoms with Crippen LogP contribution in [0.3, 0.4) is 0 Å². The van der Waals surface area contributed by atoms with Gasteiger partial charge in [-0.3, -0.25) is 0 Å². The van der Waals surface area contributed by atoms with E-state index in [2.05, 4.69) is 70.3 Å². The third-order valence-corrected chi connectivity index (χ3v) is 8.06. The minimum Gasteiger partial charge on any atom is -0.0797 e. The van der Waals surface area contributed by atoms with Crippen molar-refractivity contribution < 1.29 is 0 Å². The molecule has 0 nitrogen and oxygen atoms in total. The first-order valence-corrected chi connectivity index (χ1v) is 9.99. The molecule has 0 radical (unpaired) electrons. The lowest BCUT2D eigenvalue weighted by atomic mass is 10.2. The summed E-state index contributed by atoms with van der Waals surface area (Å²) in [6, 6.07) is 7.08. The Balaban J connectivity index is 2.41. The third kappa shape index (κ3) is 2.37. The van der Waals surface area contributed by atoms with Crippen molar-refractivity contribution >= 4 is 13.3 Å². The Morgan fingerprint density at radius 1 is 1.06 bits per heavy atom. The lowest BCUT2D eigenvalue weighted by Gasteiger charge is -2.31. The van der Waals surface area contributed by atoms with E-state index >= 15 is 0 Å². The van der Waals surface area contributed by atoms with Gasteiger partial charge in [-0.1, -0.05) is 78.3 Å². The van der Waals surface area contributed by atoms with E-state index in [-0.39, 0.29) is 0 Å². The van der Waals surface area contributed by atoms with Crippen molar-refractivity contribution in [3.05, 3.63) is 53.1 Å². The lowest BCUT2D eigenvalue weighted by Crippen LogP contribution is -2.46. The molecule has 0 bridgehead atoms. The highest BCUT2D eigenvalue weighted by Gasteiger charge is 2.35. The molecule has 1 aromatic carbocycles. The second kappa shape index (κ2) is 4.89. The molecule has 1 aliphatic carbocycles. The highest BCUT2D eigenvalue weighted by molar-refractivity contribution is 6.92. The molecule has 1 unspecified atom stereocenters. The monoisotopic (exact) mass is 256 g/mol. The van der Waals surface area contributed by atoms with Gasteiger partial charge in [0.25, 0.3) is 0 Å². The van der Waals surface area contributed by atoms with E-state index in [1.807, 2.05) is 0 Å². The zero-order valence-corrected chi connectivity index (χ0v) is 13.2. The molecule has 96 valence electrons. The van der Waals surface area contributed by atoms with Gasteiger partial charge in [-0.05, 0) is 25.8 Å². The van der Waals surface area contributed by atoms with E-state index < -0.39 is 8.07 Å². The van der Waals surface area contributed by atoms with E-state index in [1.165, 1.54) is 17.5 Å². The number of hydrogen-bond acceptors (Lipinski definition) is 0. The van der Waals surface area contributed by atoms with Crippen molar-refractivity contribution in [1.29, 1.82) is 0 Å². The average Bonchev–Trinajstić information content (AvgIpc) is 2.76. The van der Waals surface area contributed by atoms with Crippen LogP contribution in [0.4, 0.5) is 0 Å². The summed E-state index contributed by atoms with van der Waals surface area (Å²) in [5.74, 6) is 0. The molecular formula is C17H24Si. The second-order valence-electron chi connectivity index (χ2n) is 6.06. The zero-order chi connectivity index (χ0) is 13.3. The van der Waals surface area contributed by atoms with Gasteiger partial charge in [0.05, 0.1) is 8.07 Å². The van der Waals surface area contributed by atoms with E-state index in [1.54, 1.807) is 10.8 Å². The quantitative estimate of drug-likeness (QED) is 0.699. The van der Waals surface area contributed by atoms with E-state index in [4.69, 9.17) is 0 Å². The van der Waals surface area contributed by atoms with Gasteiger partial charge in [-0.15, -0.1) is 0 Å². The summed E-state index contributed by atoms with van der Waals surface area (Å²) in [5.41, 5.74) is 5.10. The van der Waals surface area contributed by atoms with Gasteiger partial charge in [0, 0.05) is 0 Å². The molecular weight excluding hydrogens is 232 g/mol. The summed E-state index contributed by atoms with van der Waals surface area (Å²) in [6.45, 7) is 11.7. The Labute approximate surface area is 112 Å². The Hall–Kier alpha value is -1.08. The molecule has 18 heavy (non-hydrogen) atoms. The Morgan fingerprint density at radius 3 is 2.22 bits per heavy atom. The van der Waals surface area contributed by atoms with Crippen molar-refractivity contribution in [3.63, 3.8) is 0 Å². The summed E-state index contributed by atoms with van der Waals surface area (Å²) in [5, 5.41) is 1.59. The number of benzene rings is 1. The van der Waals surface area contributed by atoms with Gasteiger partial charge in [0.15, 0.2) is 0 Å². The van der Waals surface area contributed by atoms with Gasteiger partial charge in [-0.2, -0.15) is 0 Å². The van der Waals surface area contributed by atoms with Crippen molar-refractivity contribution in [1.82, 2.24) is 0 Å². The SMILES string of the molecule is CCC1=CC=CC1[Si](C)(C)c1cc(C)cc(C)c1. The summed E-state index contributed by atoms with van der Waals surface area (Å²) in [4.78, 5) is 0. The van der Waals surface area contributed by atoms with Crippen LogP contribution < -0.4 is 5.19 Å². The van der Waals surface area contributed by atoms with Crippen molar-refractivity contribution in [2.24, 2.45) is 0 Å². The number of allylic oxidation sites excluding steroid dienone is 4. The van der Waals surface area contributed by atoms with Gasteiger partial charge >= 0.3 is 0 Å². The first-order chi connectivity index (χ1) is 8.45. The molecule has 0 aliphatic heterocycles. The number of hydrogen-bond donors (Lipinski definition) is 0. The normalized spacial score (nSPS) is 19.2. The van der Waals surface area contributed by atoms with Crippen LogP contribution in [0.15, 0.2) is 42.0 Å². The standard InChI is InChI=1S/C17H24Si/c1-6-15-8-7-9-17(15)18(4,5)16-11-13(2)10-14(3)12-16/h7-12,17H,6H2,1-5H3. The Morgan fingerprint density at radius 2 is 1.67 bits per heavy atom. The van der Waals surface area contributed by atoms with Crippen molar-refractivity contribution in [2.75, 3.05) is 0 Å². The molecule has 0 N–H and O–H groups in total. The van der Waals surface area contributed by atoms with E-state index in [0.29, 0.717) is 5.54 Å². The maximum Gasteiger partial charge on any atom is 0.0915 e. The molecule has 1 aliphatic rings. The topological polar surface area (TPSA) is 0 Å². The van der Waals surface area contributed by atoms with Crippen LogP contribution in [0.25, 0.3) is 0 Å². The van der Waals surface area contributed by atoms with Gasteiger partial charge in [0.1, 0.15) is 0 Å². The average molecular weight is 256 g/mol. The molecule has 2 rings (SSSR count). The Kier molecular flexibility index (Phi) is 3.63. The fourth-order valence-electron chi connectivity index (χ4n) is 3.09. The molecule has 0 saturated heterocycles. The molecule has 0 aromatic heterocycles. The number of aryl methyl sites for hydroxylation is 2. The predicted molar refractivity (Wildman–Crippen MR) is 84.3 cm³/mol. The highest BCUT2D eigenvalue weighted by atomic mass is 28.3. The fraction of sp³-hybridized carbons (Fsp3) is 0.412. The van der Waals surface area contributed by atoms with Crippen LogP contribution in [-0.2, 0) is 0 Å². The minimum atomic E-state index is -1.45. The maximum absolute atomic E-state index is 2.50. The van der Waals surface area contributed by atoms with Crippen LogP contribution in [0.2, 0.25) is 18.6 Å². The van der Waals surface area contributed by atoms with Gasteiger partial charge < -0.3 is 0 Å². The van der Waals surface area contributed by atoms with E-state index in [0.717, 1.165) is 0 Å². The van der Waals surface area contributed by atoms with Crippen LogP contribution in [0.1, 0.15) is 24.5 Å². The summed E-state index contributed by atoms with van der Waals surface area (Å²) in [7, 11) is -1.45. The molecule has 0 saturated carbocycles. The number of rotatable bonds is 3. The molecule has 0 spiro atoms. The largest absolute Gasteiger partial charge is 0.0915 e. The first kappa shape index (κ1) is 13.4. The summed E-state index contributed by atoms with van der Waals surface area (Å²) >= 11 is 0. The molecule has 1 atom stereocenters. The van der Waals surface area contributed by atoms with Gasteiger partial charge in [0.2, 0.25) is 0 Å². The molecule has 0 heterocycles. The lowest BCUT2D eigenvalue weighted by molar-refractivity contribution is 1.02. The molecule has 0 amide bonds. The zero-order valence-electron chi connectivity index (χ0n) is 12.2. The van der Waals surface area contributed by atoms with Crippen LogP contribution >= 0.6 is 0 Å². The third-order valence-electron chi connectivity index (χ3n) is 4.16. The minimum absolute atomic E-state index is 0.684. The fourth-order valence-corrected chi connectivity index (χ4v) is 6.46. The molecule has 1 aromatic rings. The van der Waals surface area contributed by atoms with Crippen molar-refractivity contribution in [2.45, 2.75) is 45.8 Å². The molecule has 0 fully saturated rings. The van der Waals surface area contributed by atoms with Crippen LogP contribution in [0.5, 0.6) is 0 Å². The molecule has 1 heteroatoms. The maximum atomic E-state index is 2.50. The highest BCUT2D eigenvalue weighted by Crippen LogP contribution is 2.36. The summed E-state index contributed by atoms with van der Waals surface area (Å²) < 4.78 is 0.